The van der Waals surface area contributed by atoms with E-state index in [0.717, 1.165) is 31.6 Å². The van der Waals surface area contributed by atoms with Crippen molar-refractivity contribution in [3.05, 3.63) is 36.7 Å². The number of likely N-dealkylation sites (tertiary alicyclic amines) is 1. The molecule has 3 heterocycles. The van der Waals surface area contributed by atoms with Crippen molar-refractivity contribution >= 4 is 6.03 Å². The molecule has 1 N–H and O–H groups in total. The van der Waals surface area contributed by atoms with Crippen LogP contribution < -0.4 is 5.32 Å². The van der Waals surface area contributed by atoms with Crippen LogP contribution in [0.2, 0.25) is 0 Å². The van der Waals surface area contributed by atoms with Crippen LogP contribution in [0.1, 0.15) is 50.3 Å². The summed E-state index contributed by atoms with van der Waals surface area (Å²) >= 11 is 0. The maximum atomic E-state index is 12.6. The molecule has 2 aromatic rings. The topological polar surface area (TPSA) is 68.0 Å². The first-order chi connectivity index (χ1) is 12.3. The number of nitrogens with one attached hydrogen (secondary N) is 1. The minimum Gasteiger partial charge on any atom is -0.335 e. The second-order valence-corrected chi connectivity index (χ2v) is 7.13. The molecule has 7 nitrogen and oxygen atoms in total. The zero-order chi connectivity index (χ0) is 17.1. The van der Waals surface area contributed by atoms with Crippen LogP contribution in [0.25, 0.3) is 0 Å². The number of imidazole rings is 1. The molecule has 2 aromatic heterocycles. The highest BCUT2D eigenvalue weighted by Crippen LogP contribution is 2.28. The molecule has 1 saturated carbocycles. The molecule has 0 bridgehead atoms. The molecule has 4 rings (SSSR count). The summed E-state index contributed by atoms with van der Waals surface area (Å²) in [6, 6.07) is 2.82. The van der Waals surface area contributed by atoms with Crippen molar-refractivity contribution in [2.45, 2.75) is 63.7 Å². The molecule has 2 fully saturated rings. The molecule has 2 aliphatic rings. The van der Waals surface area contributed by atoms with Crippen LogP contribution in [0.3, 0.4) is 0 Å². The average molecular weight is 342 g/mol. The van der Waals surface area contributed by atoms with Crippen LogP contribution in [0, 0.1) is 0 Å². The van der Waals surface area contributed by atoms with E-state index in [0.29, 0.717) is 12.6 Å². The van der Waals surface area contributed by atoms with Gasteiger partial charge in [-0.05, 0) is 31.7 Å². The number of nitrogens with zero attached hydrogens (tertiary/aromatic N) is 5. The first kappa shape index (κ1) is 16.2. The zero-order valence-corrected chi connectivity index (χ0v) is 14.5. The number of carbonyl (C=O) groups excluding carboxylic acids is 1. The highest BCUT2D eigenvalue weighted by molar-refractivity contribution is 5.74. The van der Waals surface area contributed by atoms with Gasteiger partial charge in [0.2, 0.25) is 0 Å². The van der Waals surface area contributed by atoms with E-state index in [4.69, 9.17) is 0 Å². The summed E-state index contributed by atoms with van der Waals surface area (Å²) in [5, 5.41) is 7.68. The second kappa shape index (κ2) is 7.29. The van der Waals surface area contributed by atoms with Gasteiger partial charge >= 0.3 is 6.03 Å². The number of aromatic nitrogens is 4. The van der Waals surface area contributed by atoms with Gasteiger partial charge in [0.25, 0.3) is 0 Å². The fourth-order valence-corrected chi connectivity index (χ4v) is 4.04. The fourth-order valence-electron chi connectivity index (χ4n) is 4.04. The van der Waals surface area contributed by atoms with Gasteiger partial charge in [-0.3, -0.25) is 4.68 Å². The highest BCUT2D eigenvalue weighted by Gasteiger charge is 2.28. The lowest BCUT2D eigenvalue weighted by atomic mass is 10.2. The molecular weight excluding hydrogens is 316 g/mol. The maximum Gasteiger partial charge on any atom is 0.318 e. The fraction of sp³-hybridized carbons (Fsp3) is 0.611. The lowest BCUT2D eigenvalue weighted by Crippen LogP contribution is -2.44. The molecule has 0 aromatic carbocycles. The lowest BCUT2D eigenvalue weighted by Gasteiger charge is -2.25. The van der Waals surface area contributed by atoms with Crippen molar-refractivity contribution in [3.8, 4) is 0 Å². The molecule has 1 aliphatic heterocycles. The summed E-state index contributed by atoms with van der Waals surface area (Å²) in [5.41, 5.74) is 0.936. The normalized spacial score (nSPS) is 21.1. The maximum absolute atomic E-state index is 12.6. The molecule has 2 amide bonds. The molecule has 0 spiro atoms. The van der Waals surface area contributed by atoms with Gasteiger partial charge in [0.15, 0.2) is 0 Å². The van der Waals surface area contributed by atoms with Gasteiger partial charge in [0, 0.05) is 31.7 Å². The molecule has 0 radical (unpaired) electrons. The third kappa shape index (κ3) is 3.70. The summed E-state index contributed by atoms with van der Waals surface area (Å²) in [6.07, 6.45) is 14.7. The Hall–Kier alpha value is -2.31. The number of urea groups is 1. The van der Waals surface area contributed by atoms with Crippen LogP contribution in [-0.4, -0.2) is 42.8 Å². The predicted molar refractivity (Wildman–Crippen MR) is 93.9 cm³/mol. The number of hydrogen-bond donors (Lipinski definition) is 1. The summed E-state index contributed by atoms with van der Waals surface area (Å²) in [6.45, 7) is 2.12. The van der Waals surface area contributed by atoms with Crippen molar-refractivity contribution in [2.75, 3.05) is 6.54 Å². The summed E-state index contributed by atoms with van der Waals surface area (Å²) in [5.74, 6) is 0. The van der Waals surface area contributed by atoms with E-state index in [2.05, 4.69) is 26.3 Å². The van der Waals surface area contributed by atoms with Gasteiger partial charge in [-0.2, -0.15) is 5.10 Å². The smallest absolute Gasteiger partial charge is 0.318 e. The molecular formula is C18H26N6O. The Labute approximate surface area is 148 Å². The lowest BCUT2D eigenvalue weighted by molar-refractivity contribution is 0.187. The number of hydrogen-bond acceptors (Lipinski definition) is 3. The van der Waals surface area contributed by atoms with E-state index in [1.54, 1.807) is 6.20 Å². The average Bonchev–Trinajstić information content (AvgIpc) is 3.39. The summed E-state index contributed by atoms with van der Waals surface area (Å²) in [4.78, 5) is 18.6. The Bertz CT molecular complexity index is 688. The molecule has 0 unspecified atom stereocenters. The van der Waals surface area contributed by atoms with E-state index in [1.807, 2.05) is 28.1 Å². The van der Waals surface area contributed by atoms with E-state index in [9.17, 15) is 4.79 Å². The van der Waals surface area contributed by atoms with Crippen LogP contribution in [-0.2, 0) is 13.1 Å². The van der Waals surface area contributed by atoms with Crippen LogP contribution >= 0.6 is 0 Å². The number of amides is 2. The van der Waals surface area contributed by atoms with Gasteiger partial charge in [0.1, 0.15) is 0 Å². The predicted octanol–water partition coefficient (Wildman–Crippen LogP) is 2.57. The first-order valence-corrected chi connectivity index (χ1v) is 9.34. The van der Waals surface area contributed by atoms with E-state index in [-0.39, 0.29) is 12.1 Å². The third-order valence-corrected chi connectivity index (χ3v) is 5.40. The molecule has 7 heteroatoms. The molecule has 134 valence electrons. The van der Waals surface area contributed by atoms with Crippen LogP contribution in [0.4, 0.5) is 4.79 Å². The van der Waals surface area contributed by atoms with Gasteiger partial charge in [-0.15, -0.1) is 0 Å². The van der Waals surface area contributed by atoms with Crippen molar-refractivity contribution < 1.29 is 4.79 Å². The Kier molecular flexibility index (Phi) is 4.72. The van der Waals surface area contributed by atoms with Gasteiger partial charge < -0.3 is 14.8 Å². The Morgan fingerprint density at radius 2 is 2.08 bits per heavy atom. The molecule has 1 aliphatic carbocycles. The van der Waals surface area contributed by atoms with Gasteiger partial charge in [-0.1, -0.05) is 12.8 Å². The van der Waals surface area contributed by atoms with Gasteiger partial charge in [0.05, 0.1) is 30.6 Å². The zero-order valence-electron chi connectivity index (χ0n) is 14.5. The molecule has 25 heavy (non-hydrogen) atoms. The summed E-state index contributed by atoms with van der Waals surface area (Å²) < 4.78 is 4.12. The van der Waals surface area contributed by atoms with Crippen molar-refractivity contribution in [3.63, 3.8) is 0 Å². The second-order valence-electron chi connectivity index (χ2n) is 7.13. The summed E-state index contributed by atoms with van der Waals surface area (Å²) in [7, 11) is 0. The van der Waals surface area contributed by atoms with Crippen molar-refractivity contribution in [1.29, 1.82) is 0 Å². The molecule has 1 atom stereocenters. The SMILES string of the molecule is O=C(NCc1ccn(C2CCCC2)n1)N1CCC[C@@H]1Cn1ccnc1. The Balaban J connectivity index is 1.30. The minimum atomic E-state index is 0.0121. The van der Waals surface area contributed by atoms with Crippen LogP contribution in [0.5, 0.6) is 0 Å². The third-order valence-electron chi connectivity index (χ3n) is 5.40. The van der Waals surface area contributed by atoms with E-state index in [1.165, 1.54) is 25.7 Å². The van der Waals surface area contributed by atoms with E-state index >= 15 is 0 Å². The highest BCUT2D eigenvalue weighted by atomic mass is 16.2. The van der Waals surface area contributed by atoms with Gasteiger partial charge in [-0.25, -0.2) is 9.78 Å². The number of rotatable bonds is 5. The standard InChI is InChI=1S/C18H26N6O/c25-18(23-9-3-6-17(23)13-22-11-8-19-14-22)20-12-15-7-10-24(21-15)16-4-1-2-5-16/h7-8,10-11,14,16-17H,1-6,9,12-13H2,(H,20,25)/t17-/m1/s1. The van der Waals surface area contributed by atoms with Crippen molar-refractivity contribution in [1.82, 2.24) is 29.5 Å². The largest absolute Gasteiger partial charge is 0.335 e. The quantitative estimate of drug-likeness (QED) is 0.908. The first-order valence-electron chi connectivity index (χ1n) is 9.34. The van der Waals surface area contributed by atoms with E-state index < -0.39 is 0 Å². The van der Waals surface area contributed by atoms with Crippen LogP contribution in [0.15, 0.2) is 31.0 Å². The van der Waals surface area contributed by atoms with Crippen molar-refractivity contribution in [2.24, 2.45) is 0 Å². The molecule has 1 saturated heterocycles. The minimum absolute atomic E-state index is 0.0121. The Morgan fingerprint density at radius 3 is 2.88 bits per heavy atom. The Morgan fingerprint density at radius 1 is 1.20 bits per heavy atom. The monoisotopic (exact) mass is 342 g/mol. The number of carbonyl (C=O) groups is 1.